The smallest absolute Gasteiger partial charge is 0.155 e. The van der Waals surface area contributed by atoms with Gasteiger partial charge in [0.1, 0.15) is 0 Å². The van der Waals surface area contributed by atoms with Crippen LogP contribution in [-0.2, 0) is 7.05 Å². The summed E-state index contributed by atoms with van der Waals surface area (Å²) in [6, 6.07) is 6.58. The Balaban J connectivity index is 2.02. The average Bonchev–Trinajstić information content (AvgIpc) is 2.76. The van der Waals surface area contributed by atoms with E-state index in [0.29, 0.717) is 0 Å². The fourth-order valence-corrected chi connectivity index (χ4v) is 2.55. The lowest BCUT2D eigenvalue weighted by atomic mass is 10.2. The van der Waals surface area contributed by atoms with Gasteiger partial charge in [-0.3, -0.25) is 4.68 Å². The molecule has 0 aliphatic carbocycles. The van der Waals surface area contributed by atoms with Crippen LogP contribution >= 0.6 is 0 Å². The standard InChI is InChI=1S/C13H19N5/c1-14-13-11-4-3-10(9-12(11)17(2)16-13)18-7-5-15-6-8-18/h3-4,9,15H,5-8H2,1-2H3,(H,14,16). The number of hydrogen-bond donors (Lipinski definition) is 2. The van der Waals surface area contributed by atoms with Crippen molar-refractivity contribution in [1.82, 2.24) is 15.1 Å². The third-order valence-electron chi connectivity index (χ3n) is 3.55. The van der Waals surface area contributed by atoms with Gasteiger partial charge < -0.3 is 15.5 Å². The molecule has 0 radical (unpaired) electrons. The highest BCUT2D eigenvalue weighted by atomic mass is 15.3. The summed E-state index contributed by atoms with van der Waals surface area (Å²) in [5, 5.41) is 12.2. The van der Waals surface area contributed by atoms with Gasteiger partial charge in [-0.1, -0.05) is 0 Å². The molecule has 96 valence electrons. The summed E-state index contributed by atoms with van der Waals surface area (Å²) in [7, 11) is 3.90. The minimum atomic E-state index is 0.944. The van der Waals surface area contributed by atoms with Crippen molar-refractivity contribution in [2.75, 3.05) is 43.4 Å². The molecule has 5 heteroatoms. The molecule has 0 amide bonds. The third kappa shape index (κ3) is 1.80. The van der Waals surface area contributed by atoms with Crippen molar-refractivity contribution >= 4 is 22.4 Å². The number of hydrogen-bond acceptors (Lipinski definition) is 4. The zero-order valence-electron chi connectivity index (χ0n) is 10.9. The van der Waals surface area contributed by atoms with Crippen LogP contribution < -0.4 is 15.5 Å². The van der Waals surface area contributed by atoms with Gasteiger partial charge in [0, 0.05) is 51.3 Å². The van der Waals surface area contributed by atoms with E-state index in [1.54, 1.807) is 0 Å². The first-order chi connectivity index (χ1) is 8.79. The first-order valence-corrected chi connectivity index (χ1v) is 6.40. The number of anilines is 2. The van der Waals surface area contributed by atoms with E-state index < -0.39 is 0 Å². The molecule has 1 aromatic carbocycles. The van der Waals surface area contributed by atoms with E-state index >= 15 is 0 Å². The molecule has 5 nitrogen and oxygen atoms in total. The monoisotopic (exact) mass is 245 g/mol. The van der Waals surface area contributed by atoms with Crippen LogP contribution in [0, 0.1) is 0 Å². The Morgan fingerprint density at radius 3 is 2.78 bits per heavy atom. The maximum absolute atomic E-state index is 4.47. The second-order valence-electron chi connectivity index (χ2n) is 4.66. The highest BCUT2D eigenvalue weighted by Gasteiger charge is 2.13. The minimum absolute atomic E-state index is 0.944. The summed E-state index contributed by atoms with van der Waals surface area (Å²) >= 11 is 0. The van der Waals surface area contributed by atoms with Crippen LogP contribution in [0.2, 0.25) is 0 Å². The molecule has 2 N–H and O–H groups in total. The average molecular weight is 245 g/mol. The fraction of sp³-hybridized carbons (Fsp3) is 0.462. The largest absolute Gasteiger partial charge is 0.371 e. The molecule has 18 heavy (non-hydrogen) atoms. The van der Waals surface area contributed by atoms with Crippen molar-refractivity contribution < 1.29 is 0 Å². The van der Waals surface area contributed by atoms with E-state index in [0.717, 1.165) is 32.0 Å². The molecule has 1 aliphatic heterocycles. The summed E-state index contributed by atoms with van der Waals surface area (Å²) in [6.45, 7) is 4.26. The van der Waals surface area contributed by atoms with E-state index in [1.165, 1.54) is 16.6 Å². The predicted molar refractivity (Wildman–Crippen MR) is 75.3 cm³/mol. The maximum Gasteiger partial charge on any atom is 0.155 e. The Hall–Kier alpha value is -1.75. The number of aromatic nitrogens is 2. The topological polar surface area (TPSA) is 45.1 Å². The van der Waals surface area contributed by atoms with Gasteiger partial charge in [0.05, 0.1) is 5.52 Å². The second kappa shape index (κ2) is 4.49. The highest BCUT2D eigenvalue weighted by molar-refractivity contribution is 5.92. The van der Waals surface area contributed by atoms with Gasteiger partial charge in [-0.2, -0.15) is 5.10 Å². The van der Waals surface area contributed by atoms with Crippen molar-refractivity contribution in [3.63, 3.8) is 0 Å². The van der Waals surface area contributed by atoms with Crippen molar-refractivity contribution in [2.45, 2.75) is 0 Å². The summed E-state index contributed by atoms with van der Waals surface area (Å²) in [5.41, 5.74) is 2.46. The Kier molecular flexibility index (Phi) is 2.83. The molecule has 2 aromatic rings. The minimum Gasteiger partial charge on any atom is -0.371 e. The van der Waals surface area contributed by atoms with E-state index in [9.17, 15) is 0 Å². The number of rotatable bonds is 2. The van der Waals surface area contributed by atoms with Crippen molar-refractivity contribution in [3.05, 3.63) is 18.2 Å². The van der Waals surface area contributed by atoms with E-state index in [1.807, 2.05) is 18.8 Å². The number of nitrogens with one attached hydrogen (secondary N) is 2. The van der Waals surface area contributed by atoms with Gasteiger partial charge in [-0.25, -0.2) is 0 Å². The van der Waals surface area contributed by atoms with Crippen molar-refractivity contribution in [2.24, 2.45) is 7.05 Å². The molecule has 3 rings (SSSR count). The fourth-order valence-electron chi connectivity index (χ4n) is 2.55. The molecular formula is C13H19N5. The van der Waals surface area contributed by atoms with Crippen LogP contribution in [0.4, 0.5) is 11.5 Å². The van der Waals surface area contributed by atoms with Gasteiger partial charge in [0.25, 0.3) is 0 Å². The molecular weight excluding hydrogens is 226 g/mol. The number of nitrogens with zero attached hydrogens (tertiary/aromatic N) is 3. The Labute approximate surface area is 107 Å². The molecule has 0 atom stereocenters. The van der Waals surface area contributed by atoms with Crippen LogP contribution in [0.15, 0.2) is 18.2 Å². The Morgan fingerprint density at radius 1 is 1.28 bits per heavy atom. The molecule has 0 unspecified atom stereocenters. The van der Waals surface area contributed by atoms with Crippen LogP contribution in [0.25, 0.3) is 10.9 Å². The summed E-state index contributed by atoms with van der Waals surface area (Å²) < 4.78 is 1.94. The van der Waals surface area contributed by atoms with Gasteiger partial charge in [-0.15, -0.1) is 0 Å². The molecule has 0 saturated carbocycles. The Bertz CT molecular complexity index is 554. The number of aryl methyl sites for hydroxylation is 1. The molecule has 1 aliphatic rings. The molecule has 1 fully saturated rings. The maximum atomic E-state index is 4.47. The van der Waals surface area contributed by atoms with Gasteiger partial charge in [0.15, 0.2) is 5.82 Å². The second-order valence-corrected chi connectivity index (χ2v) is 4.66. The SMILES string of the molecule is CNc1nn(C)c2cc(N3CCNCC3)ccc12. The lowest BCUT2D eigenvalue weighted by Crippen LogP contribution is -2.43. The molecule has 1 saturated heterocycles. The van der Waals surface area contributed by atoms with Gasteiger partial charge in [-0.05, 0) is 18.2 Å². The number of piperazine rings is 1. The van der Waals surface area contributed by atoms with E-state index in [4.69, 9.17) is 0 Å². The Morgan fingerprint density at radius 2 is 2.06 bits per heavy atom. The first kappa shape index (κ1) is 11.3. The summed E-state index contributed by atoms with van der Waals surface area (Å²) in [4.78, 5) is 2.42. The number of fused-ring (bicyclic) bond motifs is 1. The molecule has 1 aromatic heterocycles. The summed E-state index contributed by atoms with van der Waals surface area (Å²) in [6.07, 6.45) is 0. The highest BCUT2D eigenvalue weighted by Crippen LogP contribution is 2.26. The first-order valence-electron chi connectivity index (χ1n) is 6.40. The summed E-state index contributed by atoms with van der Waals surface area (Å²) in [5.74, 6) is 0.944. The van der Waals surface area contributed by atoms with Gasteiger partial charge in [0.2, 0.25) is 0 Å². The third-order valence-corrected chi connectivity index (χ3v) is 3.55. The van der Waals surface area contributed by atoms with Crippen LogP contribution in [0.3, 0.4) is 0 Å². The van der Waals surface area contributed by atoms with E-state index in [-0.39, 0.29) is 0 Å². The molecule has 0 bridgehead atoms. The molecule has 2 heterocycles. The van der Waals surface area contributed by atoms with Crippen LogP contribution in [0.5, 0.6) is 0 Å². The molecule has 0 spiro atoms. The normalized spacial score (nSPS) is 16.2. The van der Waals surface area contributed by atoms with Crippen LogP contribution in [-0.4, -0.2) is 43.0 Å². The zero-order chi connectivity index (χ0) is 12.5. The van der Waals surface area contributed by atoms with Gasteiger partial charge >= 0.3 is 0 Å². The number of benzene rings is 1. The lowest BCUT2D eigenvalue weighted by Gasteiger charge is -2.29. The lowest BCUT2D eigenvalue weighted by molar-refractivity contribution is 0.589. The van der Waals surface area contributed by atoms with Crippen molar-refractivity contribution in [3.8, 4) is 0 Å². The zero-order valence-corrected chi connectivity index (χ0v) is 10.9. The van der Waals surface area contributed by atoms with E-state index in [2.05, 4.69) is 38.8 Å². The predicted octanol–water partition coefficient (Wildman–Crippen LogP) is 1.02. The quantitative estimate of drug-likeness (QED) is 0.829. The van der Waals surface area contributed by atoms with Crippen LogP contribution in [0.1, 0.15) is 0 Å². The van der Waals surface area contributed by atoms with Crippen molar-refractivity contribution in [1.29, 1.82) is 0 Å².